The number of hydrogen-bond donors (Lipinski definition) is 1. The van der Waals surface area contributed by atoms with E-state index in [2.05, 4.69) is 21.2 Å². The van der Waals surface area contributed by atoms with Gasteiger partial charge in [0.05, 0.1) is 22.3 Å². The first kappa shape index (κ1) is 21.3. The molecule has 31 heavy (non-hydrogen) atoms. The number of hydrogen-bond acceptors (Lipinski definition) is 4. The number of carbonyl (C=O) groups is 1. The van der Waals surface area contributed by atoms with Gasteiger partial charge in [0.25, 0.3) is 5.56 Å². The van der Waals surface area contributed by atoms with E-state index in [4.69, 9.17) is 4.98 Å². The second kappa shape index (κ2) is 9.08. The summed E-state index contributed by atoms with van der Waals surface area (Å²) >= 11 is 4.64. The SMILES string of the molecule is Cc1ccc(-n2c(SCC(=O)Nc3cccc(Br)c3)nc3ccccc3c2=O)cc1C. The number of thioether (sulfide) groups is 1. The van der Waals surface area contributed by atoms with Crippen LogP contribution in [-0.4, -0.2) is 21.2 Å². The number of halogens is 1. The Morgan fingerprint density at radius 1 is 1.03 bits per heavy atom. The first-order chi connectivity index (χ1) is 14.9. The largest absolute Gasteiger partial charge is 0.325 e. The molecule has 0 fully saturated rings. The number of benzene rings is 3. The average molecular weight is 494 g/mol. The average Bonchev–Trinajstić information content (AvgIpc) is 2.74. The van der Waals surface area contributed by atoms with E-state index in [9.17, 15) is 9.59 Å². The minimum absolute atomic E-state index is 0.127. The van der Waals surface area contributed by atoms with Gasteiger partial charge in [0.2, 0.25) is 5.91 Å². The van der Waals surface area contributed by atoms with E-state index in [0.717, 1.165) is 21.3 Å². The zero-order valence-corrected chi connectivity index (χ0v) is 19.5. The Balaban J connectivity index is 1.69. The summed E-state index contributed by atoms with van der Waals surface area (Å²) in [6.45, 7) is 4.04. The van der Waals surface area contributed by atoms with Crippen molar-refractivity contribution in [3.8, 4) is 5.69 Å². The minimum Gasteiger partial charge on any atom is -0.325 e. The van der Waals surface area contributed by atoms with Gasteiger partial charge in [-0.15, -0.1) is 0 Å². The van der Waals surface area contributed by atoms with Crippen LogP contribution in [0.2, 0.25) is 0 Å². The highest BCUT2D eigenvalue weighted by Gasteiger charge is 2.15. The zero-order valence-electron chi connectivity index (χ0n) is 17.1. The molecule has 1 N–H and O–H groups in total. The highest BCUT2D eigenvalue weighted by molar-refractivity contribution is 9.10. The lowest BCUT2D eigenvalue weighted by molar-refractivity contribution is -0.113. The molecule has 3 aromatic carbocycles. The summed E-state index contributed by atoms with van der Waals surface area (Å²) in [7, 11) is 0. The number of nitrogens with one attached hydrogen (secondary N) is 1. The van der Waals surface area contributed by atoms with Gasteiger partial charge in [-0.3, -0.25) is 14.2 Å². The molecule has 0 saturated heterocycles. The third-order valence-electron chi connectivity index (χ3n) is 4.93. The lowest BCUT2D eigenvalue weighted by Crippen LogP contribution is -2.23. The molecule has 0 aliphatic carbocycles. The van der Waals surface area contributed by atoms with Crippen LogP contribution in [0.1, 0.15) is 11.1 Å². The molecule has 7 heteroatoms. The molecule has 156 valence electrons. The fourth-order valence-electron chi connectivity index (χ4n) is 3.19. The summed E-state index contributed by atoms with van der Waals surface area (Å²) in [5.74, 6) is -0.0422. The number of rotatable bonds is 5. The van der Waals surface area contributed by atoms with Crippen LogP contribution in [-0.2, 0) is 4.79 Å². The van der Waals surface area contributed by atoms with Crippen molar-refractivity contribution in [2.75, 3.05) is 11.1 Å². The fraction of sp³-hybridized carbons (Fsp3) is 0.125. The van der Waals surface area contributed by atoms with Crippen LogP contribution in [0.5, 0.6) is 0 Å². The van der Waals surface area contributed by atoms with Crippen LogP contribution in [0.25, 0.3) is 16.6 Å². The van der Waals surface area contributed by atoms with Crippen LogP contribution in [0, 0.1) is 13.8 Å². The predicted octanol–water partition coefficient (Wildman–Crippen LogP) is 5.50. The van der Waals surface area contributed by atoms with E-state index in [-0.39, 0.29) is 17.2 Å². The van der Waals surface area contributed by atoms with Crippen LogP contribution in [0.15, 0.2) is 81.2 Å². The highest BCUT2D eigenvalue weighted by atomic mass is 79.9. The van der Waals surface area contributed by atoms with E-state index in [0.29, 0.717) is 21.7 Å². The topological polar surface area (TPSA) is 64.0 Å². The van der Waals surface area contributed by atoms with Crippen LogP contribution in [0.3, 0.4) is 0 Å². The lowest BCUT2D eigenvalue weighted by atomic mass is 10.1. The first-order valence-corrected chi connectivity index (χ1v) is 11.5. The van der Waals surface area contributed by atoms with Gasteiger partial charge < -0.3 is 5.32 Å². The van der Waals surface area contributed by atoms with Crippen molar-refractivity contribution in [2.24, 2.45) is 0 Å². The van der Waals surface area contributed by atoms with E-state index >= 15 is 0 Å². The number of aromatic nitrogens is 2. The second-order valence-electron chi connectivity index (χ2n) is 7.17. The number of fused-ring (bicyclic) bond motifs is 1. The molecule has 1 aromatic heterocycles. The van der Waals surface area contributed by atoms with Crippen LogP contribution >= 0.6 is 27.7 Å². The molecule has 0 spiro atoms. The minimum atomic E-state index is -0.169. The third-order valence-corrected chi connectivity index (χ3v) is 6.37. The Morgan fingerprint density at radius 3 is 2.61 bits per heavy atom. The molecular weight excluding hydrogens is 474 g/mol. The molecule has 1 heterocycles. The zero-order chi connectivity index (χ0) is 22.0. The maximum Gasteiger partial charge on any atom is 0.266 e. The standard InChI is InChI=1S/C24H20BrN3O2S/c1-15-10-11-19(12-16(15)2)28-23(30)20-8-3-4-9-21(20)27-24(28)31-14-22(29)26-18-7-5-6-17(25)13-18/h3-13H,14H2,1-2H3,(H,26,29). The molecule has 0 radical (unpaired) electrons. The van der Waals surface area contributed by atoms with Crippen LogP contribution < -0.4 is 10.9 Å². The fourth-order valence-corrected chi connectivity index (χ4v) is 4.41. The van der Waals surface area contributed by atoms with Gasteiger partial charge in [0, 0.05) is 10.2 Å². The van der Waals surface area contributed by atoms with Crippen molar-refractivity contribution in [3.05, 3.63) is 92.7 Å². The molecular formula is C24H20BrN3O2S. The normalized spacial score (nSPS) is 10.9. The van der Waals surface area contributed by atoms with E-state index in [1.165, 1.54) is 11.8 Å². The Kier molecular flexibility index (Phi) is 6.25. The summed E-state index contributed by atoms with van der Waals surface area (Å²) in [6, 6.07) is 20.5. The predicted molar refractivity (Wildman–Crippen MR) is 130 cm³/mol. The maximum atomic E-state index is 13.3. The second-order valence-corrected chi connectivity index (χ2v) is 9.03. The summed E-state index contributed by atoms with van der Waals surface area (Å²) in [5, 5.41) is 3.90. The molecule has 0 aliphatic rings. The molecule has 1 amide bonds. The monoisotopic (exact) mass is 493 g/mol. The van der Waals surface area contributed by atoms with Gasteiger partial charge in [-0.05, 0) is 67.4 Å². The Labute approximate surface area is 192 Å². The van der Waals surface area contributed by atoms with Crippen molar-refractivity contribution in [1.82, 2.24) is 9.55 Å². The van der Waals surface area contributed by atoms with Crippen molar-refractivity contribution >= 4 is 50.2 Å². The smallest absolute Gasteiger partial charge is 0.266 e. The van der Waals surface area contributed by atoms with E-state index in [1.807, 2.05) is 74.5 Å². The van der Waals surface area contributed by atoms with Gasteiger partial charge >= 0.3 is 0 Å². The van der Waals surface area contributed by atoms with E-state index < -0.39 is 0 Å². The lowest BCUT2D eigenvalue weighted by Gasteiger charge is -2.14. The molecule has 0 bridgehead atoms. The summed E-state index contributed by atoms with van der Waals surface area (Å²) in [5.41, 5.74) is 4.14. The van der Waals surface area contributed by atoms with Crippen LogP contribution in [0.4, 0.5) is 5.69 Å². The van der Waals surface area contributed by atoms with Gasteiger partial charge in [-0.1, -0.05) is 52.0 Å². The molecule has 4 aromatic rings. The van der Waals surface area contributed by atoms with Gasteiger partial charge in [0.1, 0.15) is 0 Å². The number of anilines is 1. The molecule has 0 aliphatic heterocycles. The van der Waals surface area contributed by atoms with Crippen molar-refractivity contribution in [1.29, 1.82) is 0 Å². The number of nitrogens with zero attached hydrogens (tertiary/aromatic N) is 2. The number of aryl methyl sites for hydroxylation is 2. The van der Waals surface area contributed by atoms with Crippen molar-refractivity contribution < 1.29 is 4.79 Å². The number of amides is 1. The van der Waals surface area contributed by atoms with Gasteiger partial charge in [-0.25, -0.2) is 4.98 Å². The Hall–Kier alpha value is -2.90. The first-order valence-electron chi connectivity index (χ1n) is 9.70. The van der Waals surface area contributed by atoms with Gasteiger partial charge in [0.15, 0.2) is 5.16 Å². The summed E-state index contributed by atoms with van der Waals surface area (Å²) in [6.07, 6.45) is 0. The van der Waals surface area contributed by atoms with Crippen molar-refractivity contribution in [3.63, 3.8) is 0 Å². The van der Waals surface area contributed by atoms with Crippen molar-refractivity contribution in [2.45, 2.75) is 19.0 Å². The molecule has 5 nitrogen and oxygen atoms in total. The Morgan fingerprint density at radius 2 is 1.84 bits per heavy atom. The molecule has 0 unspecified atom stereocenters. The maximum absolute atomic E-state index is 13.3. The summed E-state index contributed by atoms with van der Waals surface area (Å²) in [4.78, 5) is 30.5. The molecule has 0 saturated carbocycles. The highest BCUT2D eigenvalue weighted by Crippen LogP contribution is 2.23. The van der Waals surface area contributed by atoms with Gasteiger partial charge in [-0.2, -0.15) is 0 Å². The quantitative estimate of drug-likeness (QED) is 0.294. The third kappa shape index (κ3) is 4.73. The molecule has 0 atom stereocenters. The summed E-state index contributed by atoms with van der Waals surface area (Å²) < 4.78 is 2.48. The van der Waals surface area contributed by atoms with E-state index in [1.54, 1.807) is 10.6 Å². The molecule has 4 rings (SSSR count). The Bertz CT molecular complexity index is 1350. The number of carbonyl (C=O) groups excluding carboxylic acids is 1. The number of para-hydroxylation sites is 1.